The first-order chi connectivity index (χ1) is 9.83. The summed E-state index contributed by atoms with van der Waals surface area (Å²) in [5.74, 6) is -0.754. The van der Waals surface area contributed by atoms with Crippen LogP contribution in [0.5, 0.6) is 0 Å². The van der Waals surface area contributed by atoms with Crippen LogP contribution in [0, 0.1) is 0 Å². The van der Waals surface area contributed by atoms with E-state index in [1.54, 1.807) is 6.92 Å². The van der Waals surface area contributed by atoms with Crippen LogP contribution >= 0.6 is 0 Å². The summed E-state index contributed by atoms with van der Waals surface area (Å²) in [4.78, 5) is 16.3. The summed E-state index contributed by atoms with van der Waals surface area (Å²) in [5.41, 5.74) is -0.816. The van der Waals surface area contributed by atoms with Crippen LogP contribution in [0.15, 0.2) is 0 Å². The molecule has 1 saturated heterocycles. The molecule has 1 aliphatic heterocycles. The molecule has 1 rings (SSSR count). The van der Waals surface area contributed by atoms with E-state index in [4.69, 9.17) is 0 Å². The second-order valence-corrected chi connectivity index (χ2v) is 6.89. The lowest BCUT2D eigenvalue weighted by molar-refractivity contribution is -0.144. The van der Waals surface area contributed by atoms with Crippen molar-refractivity contribution < 1.29 is 9.90 Å². The molecular formula is C16H33N3O2. The predicted molar refractivity (Wildman–Crippen MR) is 86.7 cm³/mol. The minimum atomic E-state index is -0.816. The molecule has 0 spiro atoms. The highest BCUT2D eigenvalue weighted by molar-refractivity contribution is 5.78. The van der Waals surface area contributed by atoms with Crippen LogP contribution in [0.25, 0.3) is 0 Å². The molecule has 0 amide bonds. The zero-order chi connectivity index (χ0) is 15.9. The Bertz CT molecular complexity index is 317. The van der Waals surface area contributed by atoms with Crippen LogP contribution in [0.3, 0.4) is 0 Å². The van der Waals surface area contributed by atoms with E-state index in [1.807, 2.05) is 13.8 Å². The van der Waals surface area contributed by atoms with Crippen LogP contribution in [0.4, 0.5) is 0 Å². The smallest absolute Gasteiger partial charge is 0.323 e. The van der Waals surface area contributed by atoms with E-state index in [1.165, 1.54) is 25.9 Å². The van der Waals surface area contributed by atoms with Gasteiger partial charge in [0.05, 0.1) is 0 Å². The van der Waals surface area contributed by atoms with Gasteiger partial charge in [-0.05, 0) is 73.1 Å². The molecule has 0 aromatic rings. The second-order valence-electron chi connectivity index (χ2n) is 6.89. The predicted octanol–water partition coefficient (Wildman–Crippen LogP) is 1.64. The van der Waals surface area contributed by atoms with E-state index in [9.17, 15) is 9.90 Å². The number of rotatable bonds is 10. The second kappa shape index (κ2) is 8.71. The SMILES string of the molecule is CC(C)NC(C)(CCCN(C)CCN1CCCC1)C(=O)O. The summed E-state index contributed by atoms with van der Waals surface area (Å²) in [6.07, 6.45) is 4.23. The van der Waals surface area contributed by atoms with Crippen LogP contribution in [-0.2, 0) is 4.79 Å². The third-order valence-electron chi connectivity index (χ3n) is 4.29. The molecule has 124 valence electrons. The topological polar surface area (TPSA) is 55.8 Å². The monoisotopic (exact) mass is 299 g/mol. The van der Waals surface area contributed by atoms with Gasteiger partial charge in [-0.2, -0.15) is 0 Å². The standard InChI is InChI=1S/C16H33N3O2/c1-14(2)17-16(3,15(20)21)8-7-9-18(4)12-13-19-10-5-6-11-19/h14,17H,5-13H2,1-4H3,(H,20,21). The first kappa shape index (κ1) is 18.4. The van der Waals surface area contributed by atoms with Crippen molar-refractivity contribution in [2.75, 3.05) is 39.8 Å². The Morgan fingerprint density at radius 3 is 2.48 bits per heavy atom. The lowest BCUT2D eigenvalue weighted by atomic mass is 9.95. The maximum absolute atomic E-state index is 11.4. The number of hydrogen-bond acceptors (Lipinski definition) is 4. The maximum atomic E-state index is 11.4. The van der Waals surface area contributed by atoms with Gasteiger partial charge >= 0.3 is 5.97 Å². The van der Waals surface area contributed by atoms with Gasteiger partial charge in [0.15, 0.2) is 0 Å². The van der Waals surface area contributed by atoms with Gasteiger partial charge in [0.25, 0.3) is 0 Å². The van der Waals surface area contributed by atoms with Crippen molar-refractivity contribution in [2.45, 2.75) is 58.0 Å². The van der Waals surface area contributed by atoms with Gasteiger partial charge in [-0.25, -0.2) is 0 Å². The molecule has 1 atom stereocenters. The average molecular weight is 299 g/mol. The Morgan fingerprint density at radius 2 is 1.95 bits per heavy atom. The first-order valence-corrected chi connectivity index (χ1v) is 8.25. The van der Waals surface area contributed by atoms with Crippen molar-refractivity contribution in [3.8, 4) is 0 Å². The largest absolute Gasteiger partial charge is 0.480 e. The fourth-order valence-electron chi connectivity index (χ4n) is 3.01. The van der Waals surface area contributed by atoms with E-state index in [2.05, 4.69) is 22.2 Å². The highest BCUT2D eigenvalue weighted by atomic mass is 16.4. The molecule has 0 aromatic carbocycles. The van der Waals surface area contributed by atoms with Crippen molar-refractivity contribution in [1.82, 2.24) is 15.1 Å². The summed E-state index contributed by atoms with van der Waals surface area (Å²) in [5, 5.41) is 12.6. The molecule has 0 radical (unpaired) electrons. The summed E-state index contributed by atoms with van der Waals surface area (Å²) in [6, 6.07) is 0.180. The summed E-state index contributed by atoms with van der Waals surface area (Å²) in [6.45, 7) is 11.4. The fraction of sp³-hybridized carbons (Fsp3) is 0.938. The Hall–Kier alpha value is -0.650. The maximum Gasteiger partial charge on any atom is 0.323 e. The first-order valence-electron chi connectivity index (χ1n) is 8.25. The zero-order valence-electron chi connectivity index (χ0n) is 14.2. The highest BCUT2D eigenvalue weighted by Gasteiger charge is 2.32. The van der Waals surface area contributed by atoms with E-state index >= 15 is 0 Å². The Balaban J connectivity index is 2.24. The normalized spacial score (nSPS) is 19.3. The van der Waals surface area contributed by atoms with Gasteiger partial charge in [0.1, 0.15) is 5.54 Å². The van der Waals surface area contributed by atoms with E-state index in [0.29, 0.717) is 6.42 Å². The molecule has 1 heterocycles. The van der Waals surface area contributed by atoms with E-state index in [-0.39, 0.29) is 6.04 Å². The number of likely N-dealkylation sites (N-methyl/N-ethyl adjacent to an activating group) is 1. The molecule has 21 heavy (non-hydrogen) atoms. The summed E-state index contributed by atoms with van der Waals surface area (Å²) in [7, 11) is 2.13. The van der Waals surface area contributed by atoms with Crippen molar-refractivity contribution >= 4 is 5.97 Å². The Kier molecular flexibility index (Phi) is 7.63. The number of likely N-dealkylation sites (tertiary alicyclic amines) is 1. The summed E-state index contributed by atoms with van der Waals surface area (Å²) < 4.78 is 0. The number of nitrogens with one attached hydrogen (secondary N) is 1. The third kappa shape index (κ3) is 6.76. The minimum Gasteiger partial charge on any atom is -0.480 e. The van der Waals surface area contributed by atoms with Crippen molar-refractivity contribution in [1.29, 1.82) is 0 Å². The van der Waals surface area contributed by atoms with Crippen LogP contribution in [0.2, 0.25) is 0 Å². The molecule has 1 unspecified atom stereocenters. The molecule has 5 nitrogen and oxygen atoms in total. The number of carboxylic acid groups (broad SMARTS) is 1. The molecule has 5 heteroatoms. The summed E-state index contributed by atoms with van der Waals surface area (Å²) >= 11 is 0. The molecule has 0 aromatic heterocycles. The zero-order valence-corrected chi connectivity index (χ0v) is 14.2. The van der Waals surface area contributed by atoms with Crippen molar-refractivity contribution in [3.63, 3.8) is 0 Å². The average Bonchev–Trinajstić information content (AvgIpc) is 2.88. The van der Waals surface area contributed by atoms with Crippen molar-refractivity contribution in [3.05, 3.63) is 0 Å². The van der Waals surface area contributed by atoms with E-state index < -0.39 is 11.5 Å². The third-order valence-corrected chi connectivity index (χ3v) is 4.29. The Morgan fingerprint density at radius 1 is 1.33 bits per heavy atom. The Labute approximate surface area is 129 Å². The molecular weight excluding hydrogens is 266 g/mol. The van der Waals surface area contributed by atoms with Crippen LogP contribution in [-0.4, -0.2) is 72.2 Å². The molecule has 0 bridgehead atoms. The minimum absolute atomic E-state index is 0.180. The van der Waals surface area contributed by atoms with Gasteiger partial charge in [-0.15, -0.1) is 0 Å². The van der Waals surface area contributed by atoms with Crippen LogP contribution < -0.4 is 5.32 Å². The van der Waals surface area contributed by atoms with Gasteiger partial charge in [-0.3, -0.25) is 10.1 Å². The van der Waals surface area contributed by atoms with E-state index in [0.717, 1.165) is 26.1 Å². The molecule has 1 fully saturated rings. The lowest BCUT2D eigenvalue weighted by Gasteiger charge is -2.29. The number of nitrogens with zero attached hydrogens (tertiary/aromatic N) is 2. The highest BCUT2D eigenvalue weighted by Crippen LogP contribution is 2.14. The molecule has 0 saturated carbocycles. The number of carbonyl (C=O) groups is 1. The number of hydrogen-bond donors (Lipinski definition) is 2. The fourth-order valence-corrected chi connectivity index (χ4v) is 3.01. The number of aliphatic carboxylic acids is 1. The van der Waals surface area contributed by atoms with Crippen molar-refractivity contribution in [2.24, 2.45) is 0 Å². The molecule has 1 aliphatic rings. The number of carboxylic acids is 1. The van der Waals surface area contributed by atoms with Gasteiger partial charge in [0, 0.05) is 19.1 Å². The quantitative estimate of drug-likeness (QED) is 0.642. The van der Waals surface area contributed by atoms with Gasteiger partial charge < -0.3 is 14.9 Å². The van der Waals surface area contributed by atoms with Gasteiger partial charge in [-0.1, -0.05) is 0 Å². The molecule has 2 N–H and O–H groups in total. The molecule has 0 aliphatic carbocycles. The van der Waals surface area contributed by atoms with Gasteiger partial charge in [0.2, 0.25) is 0 Å². The van der Waals surface area contributed by atoms with Crippen LogP contribution in [0.1, 0.15) is 46.5 Å². The lowest BCUT2D eigenvalue weighted by Crippen LogP contribution is -2.52.